The van der Waals surface area contributed by atoms with Gasteiger partial charge < -0.3 is 14.5 Å². The molecule has 1 fully saturated rings. The van der Waals surface area contributed by atoms with E-state index in [9.17, 15) is 4.79 Å². The molecule has 0 saturated carbocycles. The van der Waals surface area contributed by atoms with Crippen LogP contribution in [0.25, 0.3) is 11.3 Å². The first-order valence-electron chi connectivity index (χ1n) is 9.52. The van der Waals surface area contributed by atoms with Crippen molar-refractivity contribution in [2.24, 2.45) is 0 Å². The maximum Gasteiger partial charge on any atom is 0.254 e. The van der Waals surface area contributed by atoms with Crippen molar-refractivity contribution in [1.29, 1.82) is 0 Å². The van der Waals surface area contributed by atoms with Crippen LogP contribution in [-0.2, 0) is 0 Å². The Kier molecular flexibility index (Phi) is 6.06. The number of ether oxygens (including phenoxy) is 1. The third-order valence-electron chi connectivity index (χ3n) is 5.09. The number of hydrogen-bond acceptors (Lipinski definition) is 5. The van der Waals surface area contributed by atoms with Gasteiger partial charge in [0.1, 0.15) is 5.75 Å². The lowest BCUT2D eigenvalue weighted by Crippen LogP contribution is -2.49. The predicted octanol–water partition coefficient (Wildman–Crippen LogP) is 4.42. The quantitative estimate of drug-likeness (QED) is 0.598. The van der Waals surface area contributed by atoms with Crippen molar-refractivity contribution in [3.8, 4) is 17.0 Å². The van der Waals surface area contributed by atoms with E-state index in [2.05, 4.69) is 15.1 Å². The molecule has 1 saturated heterocycles. The highest BCUT2D eigenvalue weighted by Crippen LogP contribution is 2.24. The molecule has 0 radical (unpaired) electrons. The van der Waals surface area contributed by atoms with E-state index >= 15 is 0 Å². The van der Waals surface area contributed by atoms with Crippen LogP contribution in [0.1, 0.15) is 10.4 Å². The van der Waals surface area contributed by atoms with Crippen LogP contribution < -0.4 is 9.64 Å². The molecule has 0 unspecified atom stereocenters. The van der Waals surface area contributed by atoms with Crippen LogP contribution in [0.5, 0.6) is 5.75 Å². The number of halogens is 2. The molecule has 6 nitrogen and oxygen atoms in total. The van der Waals surface area contributed by atoms with E-state index in [1.807, 2.05) is 41.3 Å². The average Bonchev–Trinajstić information content (AvgIpc) is 2.81. The molecule has 2 aromatic carbocycles. The van der Waals surface area contributed by atoms with Crippen LogP contribution in [0.4, 0.5) is 5.82 Å². The van der Waals surface area contributed by atoms with Gasteiger partial charge in [-0.25, -0.2) is 0 Å². The second kappa shape index (κ2) is 8.90. The minimum Gasteiger partial charge on any atom is -0.497 e. The number of benzene rings is 2. The second-order valence-electron chi connectivity index (χ2n) is 6.91. The lowest BCUT2D eigenvalue weighted by molar-refractivity contribution is 0.0746. The van der Waals surface area contributed by atoms with Gasteiger partial charge in [-0.15, -0.1) is 10.2 Å². The van der Waals surface area contributed by atoms with Crippen molar-refractivity contribution >= 4 is 34.9 Å². The maximum absolute atomic E-state index is 12.7. The zero-order valence-corrected chi connectivity index (χ0v) is 17.9. The van der Waals surface area contributed by atoms with E-state index in [1.54, 1.807) is 25.3 Å². The van der Waals surface area contributed by atoms with Crippen molar-refractivity contribution in [2.45, 2.75) is 0 Å². The van der Waals surface area contributed by atoms with E-state index in [1.165, 1.54) is 0 Å². The molecule has 2 heterocycles. The van der Waals surface area contributed by atoms with Crippen molar-refractivity contribution < 1.29 is 9.53 Å². The molecule has 0 N–H and O–H groups in total. The maximum atomic E-state index is 12.7. The van der Waals surface area contributed by atoms with Gasteiger partial charge in [-0.05, 0) is 54.6 Å². The van der Waals surface area contributed by atoms with E-state index in [4.69, 9.17) is 27.9 Å². The number of amides is 1. The number of hydrogen-bond donors (Lipinski definition) is 0. The highest BCUT2D eigenvalue weighted by molar-refractivity contribution is 6.42. The van der Waals surface area contributed by atoms with Gasteiger partial charge in [0.25, 0.3) is 5.91 Å². The molecule has 1 aromatic heterocycles. The largest absolute Gasteiger partial charge is 0.497 e. The third kappa shape index (κ3) is 4.35. The lowest BCUT2D eigenvalue weighted by Gasteiger charge is -2.35. The molecule has 8 heteroatoms. The molecule has 0 spiro atoms. The summed E-state index contributed by atoms with van der Waals surface area (Å²) in [6.45, 7) is 2.56. The first-order chi connectivity index (χ1) is 14.5. The minimum atomic E-state index is -0.0471. The topological polar surface area (TPSA) is 58.6 Å². The van der Waals surface area contributed by atoms with E-state index in [0.717, 1.165) is 22.8 Å². The molecule has 4 rings (SSSR count). The number of nitrogens with zero attached hydrogens (tertiary/aromatic N) is 4. The van der Waals surface area contributed by atoms with Crippen molar-refractivity contribution in [2.75, 3.05) is 38.2 Å². The summed E-state index contributed by atoms with van der Waals surface area (Å²) >= 11 is 12.0. The van der Waals surface area contributed by atoms with Crippen LogP contribution in [0.3, 0.4) is 0 Å². The molecular formula is C22H20Cl2N4O2. The Balaban J connectivity index is 1.38. The number of anilines is 1. The second-order valence-corrected chi connectivity index (χ2v) is 7.73. The number of carbonyl (C=O) groups excluding carboxylic acids is 1. The molecule has 154 valence electrons. The summed E-state index contributed by atoms with van der Waals surface area (Å²) in [6, 6.07) is 16.6. The number of aromatic nitrogens is 2. The van der Waals surface area contributed by atoms with Crippen molar-refractivity contribution in [3.05, 3.63) is 70.2 Å². The summed E-state index contributed by atoms with van der Waals surface area (Å²) in [7, 11) is 1.64. The standard InChI is InChI=1S/C22H20Cl2N4O2/c1-30-17-5-2-15(3-6-17)20-8-9-21(26-25-20)27-10-12-28(13-11-27)22(29)16-4-7-18(23)19(24)14-16/h2-9,14H,10-13H2,1H3. The molecule has 3 aromatic rings. The Morgan fingerprint density at radius 3 is 2.23 bits per heavy atom. The van der Waals surface area contributed by atoms with Gasteiger partial charge in [0.2, 0.25) is 0 Å². The Morgan fingerprint density at radius 1 is 0.900 bits per heavy atom. The van der Waals surface area contributed by atoms with Crippen molar-refractivity contribution in [3.63, 3.8) is 0 Å². The van der Waals surface area contributed by atoms with Gasteiger partial charge in [-0.1, -0.05) is 23.2 Å². The Bertz CT molecular complexity index is 1030. The van der Waals surface area contributed by atoms with Gasteiger partial charge in [-0.3, -0.25) is 4.79 Å². The molecule has 0 atom stereocenters. The first-order valence-corrected chi connectivity index (χ1v) is 10.3. The van der Waals surface area contributed by atoms with Gasteiger partial charge in [0, 0.05) is 37.3 Å². The summed E-state index contributed by atoms with van der Waals surface area (Å²) < 4.78 is 5.19. The summed E-state index contributed by atoms with van der Waals surface area (Å²) in [5, 5.41) is 9.56. The molecular weight excluding hydrogens is 423 g/mol. The number of piperazine rings is 1. The number of methoxy groups -OCH3 is 1. The van der Waals surface area contributed by atoms with Crippen LogP contribution in [0.2, 0.25) is 10.0 Å². The molecule has 0 bridgehead atoms. The smallest absolute Gasteiger partial charge is 0.254 e. The molecule has 30 heavy (non-hydrogen) atoms. The minimum absolute atomic E-state index is 0.0471. The Morgan fingerprint density at radius 2 is 1.63 bits per heavy atom. The first kappa shape index (κ1) is 20.4. The zero-order valence-electron chi connectivity index (χ0n) is 16.4. The van der Waals surface area contributed by atoms with Crippen LogP contribution in [-0.4, -0.2) is 54.3 Å². The van der Waals surface area contributed by atoms with Gasteiger partial charge >= 0.3 is 0 Å². The lowest BCUT2D eigenvalue weighted by atomic mass is 10.1. The molecule has 0 aliphatic carbocycles. The van der Waals surface area contributed by atoms with Gasteiger partial charge in [0.05, 0.1) is 22.8 Å². The van der Waals surface area contributed by atoms with Crippen LogP contribution in [0, 0.1) is 0 Å². The molecule has 1 amide bonds. The normalized spacial score (nSPS) is 14.0. The fraction of sp³-hybridized carbons (Fsp3) is 0.227. The van der Waals surface area contributed by atoms with Crippen LogP contribution >= 0.6 is 23.2 Å². The highest BCUT2D eigenvalue weighted by Gasteiger charge is 2.23. The summed E-state index contributed by atoms with van der Waals surface area (Å²) in [5.41, 5.74) is 2.32. The van der Waals surface area contributed by atoms with Gasteiger partial charge in [-0.2, -0.15) is 0 Å². The van der Waals surface area contributed by atoms with E-state index in [0.29, 0.717) is 41.8 Å². The monoisotopic (exact) mass is 442 g/mol. The van der Waals surface area contributed by atoms with Gasteiger partial charge in [0.15, 0.2) is 5.82 Å². The number of carbonyl (C=O) groups is 1. The highest BCUT2D eigenvalue weighted by atomic mass is 35.5. The molecule has 1 aliphatic rings. The Labute approximate surface area is 185 Å². The fourth-order valence-electron chi connectivity index (χ4n) is 3.36. The summed E-state index contributed by atoms with van der Waals surface area (Å²) in [5.74, 6) is 1.56. The zero-order chi connectivity index (χ0) is 21.1. The average molecular weight is 443 g/mol. The molecule has 1 aliphatic heterocycles. The summed E-state index contributed by atoms with van der Waals surface area (Å²) in [4.78, 5) is 16.7. The SMILES string of the molecule is COc1ccc(-c2ccc(N3CCN(C(=O)c4ccc(Cl)c(Cl)c4)CC3)nn2)cc1. The van der Waals surface area contributed by atoms with Crippen molar-refractivity contribution in [1.82, 2.24) is 15.1 Å². The van der Waals surface area contributed by atoms with E-state index in [-0.39, 0.29) is 5.91 Å². The third-order valence-corrected chi connectivity index (χ3v) is 5.83. The summed E-state index contributed by atoms with van der Waals surface area (Å²) in [6.07, 6.45) is 0. The number of rotatable bonds is 4. The Hall–Kier alpha value is -2.83. The van der Waals surface area contributed by atoms with Crippen LogP contribution in [0.15, 0.2) is 54.6 Å². The predicted molar refractivity (Wildman–Crippen MR) is 119 cm³/mol. The fourth-order valence-corrected chi connectivity index (χ4v) is 3.66. The van der Waals surface area contributed by atoms with E-state index < -0.39 is 0 Å².